The third-order valence-electron chi connectivity index (χ3n) is 4.46. The number of aromatic nitrogens is 1. The number of hydrogen-bond donors (Lipinski definition) is 1. The average molecular weight is 372 g/mol. The van der Waals surface area contributed by atoms with Crippen molar-refractivity contribution in [1.29, 1.82) is 0 Å². The molecule has 8 heteroatoms. The fourth-order valence-corrected chi connectivity index (χ4v) is 4.12. The first kappa shape index (κ1) is 18.0. The monoisotopic (exact) mass is 372 g/mol. The van der Waals surface area contributed by atoms with Crippen LogP contribution in [-0.4, -0.2) is 23.1 Å². The van der Waals surface area contributed by atoms with E-state index >= 15 is 0 Å². The molecule has 2 aromatic rings. The third-order valence-corrected chi connectivity index (χ3v) is 5.63. The second-order valence-electron chi connectivity index (χ2n) is 6.36. The number of amides is 1. The molecule has 2 unspecified atom stereocenters. The van der Waals surface area contributed by atoms with Crippen LogP contribution in [0.1, 0.15) is 46.8 Å². The van der Waals surface area contributed by atoms with E-state index < -0.39 is 24.0 Å². The van der Waals surface area contributed by atoms with Crippen molar-refractivity contribution in [3.05, 3.63) is 28.5 Å². The molecule has 2 atom stereocenters. The molecular formula is C17H19F3N2O2S. The van der Waals surface area contributed by atoms with Gasteiger partial charge >= 0.3 is 6.18 Å². The third kappa shape index (κ3) is 3.89. The number of rotatable bonds is 3. The standard InChI is InChI=1S/C17H19F3N2O2S/c1-9-7-8-13(24-9)16-21-10(2)14(25-16)15(23)22-12-6-4-3-5-11(12)17(18,19)20/h7-8,11-12H,3-6H2,1-2H3,(H,22,23). The average Bonchev–Trinajstić information content (AvgIpc) is 3.12. The number of carbonyl (C=O) groups is 1. The van der Waals surface area contributed by atoms with E-state index in [1.807, 2.05) is 0 Å². The van der Waals surface area contributed by atoms with Crippen molar-refractivity contribution in [1.82, 2.24) is 10.3 Å². The molecule has 1 N–H and O–H groups in total. The van der Waals surface area contributed by atoms with Crippen molar-refractivity contribution in [2.24, 2.45) is 5.92 Å². The van der Waals surface area contributed by atoms with Gasteiger partial charge in [0.2, 0.25) is 0 Å². The van der Waals surface area contributed by atoms with Crippen LogP contribution in [0.15, 0.2) is 16.5 Å². The van der Waals surface area contributed by atoms with E-state index in [2.05, 4.69) is 10.3 Å². The Bertz CT molecular complexity index is 766. The van der Waals surface area contributed by atoms with Gasteiger partial charge in [-0.05, 0) is 38.8 Å². The van der Waals surface area contributed by atoms with Gasteiger partial charge in [0.05, 0.1) is 11.6 Å². The van der Waals surface area contributed by atoms with Gasteiger partial charge in [-0.15, -0.1) is 11.3 Å². The Kier molecular flexibility index (Phi) is 4.90. The first-order chi connectivity index (χ1) is 11.8. The van der Waals surface area contributed by atoms with E-state index in [-0.39, 0.29) is 6.42 Å². The van der Waals surface area contributed by atoms with Gasteiger partial charge in [-0.25, -0.2) is 4.98 Å². The SMILES string of the molecule is Cc1ccc(-c2nc(C)c(C(=O)NC3CCCCC3C(F)(F)F)s2)o1. The van der Waals surface area contributed by atoms with Crippen LogP contribution in [0.3, 0.4) is 0 Å². The molecule has 0 aromatic carbocycles. The summed E-state index contributed by atoms with van der Waals surface area (Å²) in [6.07, 6.45) is -2.66. The molecular weight excluding hydrogens is 353 g/mol. The molecule has 1 amide bonds. The molecule has 1 fully saturated rings. The molecule has 2 heterocycles. The minimum Gasteiger partial charge on any atom is -0.459 e. The molecule has 1 saturated carbocycles. The lowest BCUT2D eigenvalue weighted by atomic mass is 9.84. The summed E-state index contributed by atoms with van der Waals surface area (Å²) >= 11 is 1.13. The highest BCUT2D eigenvalue weighted by Crippen LogP contribution is 2.38. The zero-order chi connectivity index (χ0) is 18.2. The van der Waals surface area contributed by atoms with Crippen LogP contribution < -0.4 is 5.32 Å². The van der Waals surface area contributed by atoms with Crippen molar-refractivity contribution in [2.45, 2.75) is 51.7 Å². The number of aryl methyl sites for hydroxylation is 2. The van der Waals surface area contributed by atoms with E-state index in [1.165, 1.54) is 0 Å². The molecule has 0 aliphatic heterocycles. The molecule has 136 valence electrons. The molecule has 4 nitrogen and oxygen atoms in total. The zero-order valence-electron chi connectivity index (χ0n) is 13.9. The normalized spacial score (nSPS) is 21.3. The minimum absolute atomic E-state index is 0.0625. The molecule has 25 heavy (non-hydrogen) atoms. The van der Waals surface area contributed by atoms with Gasteiger partial charge in [-0.1, -0.05) is 12.8 Å². The second-order valence-corrected chi connectivity index (χ2v) is 7.36. The summed E-state index contributed by atoms with van der Waals surface area (Å²) in [5.41, 5.74) is 0.492. The molecule has 1 aliphatic rings. The van der Waals surface area contributed by atoms with E-state index in [4.69, 9.17) is 4.42 Å². The molecule has 1 aliphatic carbocycles. The summed E-state index contributed by atoms with van der Waals surface area (Å²) in [7, 11) is 0. The number of furan rings is 1. The highest BCUT2D eigenvalue weighted by atomic mass is 32.1. The van der Waals surface area contributed by atoms with Crippen LogP contribution in [0.4, 0.5) is 13.2 Å². The minimum atomic E-state index is -4.29. The van der Waals surface area contributed by atoms with Crippen molar-refractivity contribution in [3.8, 4) is 10.8 Å². The van der Waals surface area contributed by atoms with Gasteiger partial charge in [-0.2, -0.15) is 13.2 Å². The number of carbonyl (C=O) groups excluding carboxylic acids is 1. The molecule has 0 spiro atoms. The van der Waals surface area contributed by atoms with Crippen LogP contribution in [0.25, 0.3) is 10.8 Å². The van der Waals surface area contributed by atoms with E-state index in [1.54, 1.807) is 26.0 Å². The van der Waals surface area contributed by atoms with Crippen molar-refractivity contribution in [3.63, 3.8) is 0 Å². The topological polar surface area (TPSA) is 55.1 Å². The predicted molar refractivity (Wildman–Crippen MR) is 88.6 cm³/mol. The molecule has 0 bridgehead atoms. The van der Waals surface area contributed by atoms with Crippen molar-refractivity contribution in [2.75, 3.05) is 0 Å². The maximum absolute atomic E-state index is 13.2. The van der Waals surface area contributed by atoms with E-state index in [9.17, 15) is 18.0 Å². The highest BCUT2D eigenvalue weighted by molar-refractivity contribution is 7.17. The fourth-order valence-electron chi connectivity index (χ4n) is 3.19. The summed E-state index contributed by atoms with van der Waals surface area (Å²) in [6.45, 7) is 3.48. The molecule has 3 rings (SSSR count). The van der Waals surface area contributed by atoms with Gasteiger partial charge in [0.1, 0.15) is 10.6 Å². The quantitative estimate of drug-likeness (QED) is 0.836. The van der Waals surface area contributed by atoms with Gasteiger partial charge in [0, 0.05) is 6.04 Å². The van der Waals surface area contributed by atoms with Gasteiger partial charge < -0.3 is 9.73 Å². The Morgan fingerprint density at radius 2 is 2.00 bits per heavy atom. The number of nitrogens with zero attached hydrogens (tertiary/aromatic N) is 1. The number of alkyl halides is 3. The second kappa shape index (κ2) is 6.82. The first-order valence-electron chi connectivity index (χ1n) is 8.17. The number of nitrogens with one attached hydrogen (secondary N) is 1. The molecule has 2 aromatic heterocycles. The largest absolute Gasteiger partial charge is 0.459 e. The van der Waals surface area contributed by atoms with Gasteiger partial charge in [0.25, 0.3) is 5.91 Å². The Balaban J connectivity index is 1.78. The Labute approximate surface area is 147 Å². The van der Waals surface area contributed by atoms with E-state index in [0.29, 0.717) is 40.6 Å². The molecule has 0 saturated heterocycles. The maximum atomic E-state index is 13.2. The smallest absolute Gasteiger partial charge is 0.393 e. The lowest BCUT2D eigenvalue weighted by Crippen LogP contribution is -2.47. The fraction of sp³-hybridized carbons (Fsp3) is 0.529. The van der Waals surface area contributed by atoms with Crippen molar-refractivity contribution < 1.29 is 22.4 Å². The first-order valence-corrected chi connectivity index (χ1v) is 8.99. The summed E-state index contributed by atoms with van der Waals surface area (Å²) in [4.78, 5) is 17.2. The lowest BCUT2D eigenvalue weighted by Gasteiger charge is -2.33. The van der Waals surface area contributed by atoms with Crippen LogP contribution in [0, 0.1) is 19.8 Å². The number of hydrogen-bond acceptors (Lipinski definition) is 4. The maximum Gasteiger partial charge on any atom is 0.393 e. The Morgan fingerprint density at radius 3 is 2.64 bits per heavy atom. The van der Waals surface area contributed by atoms with Crippen LogP contribution in [0.2, 0.25) is 0 Å². The van der Waals surface area contributed by atoms with E-state index in [0.717, 1.165) is 17.1 Å². The summed E-state index contributed by atoms with van der Waals surface area (Å²) in [6, 6.07) is 2.68. The van der Waals surface area contributed by atoms with Crippen LogP contribution >= 0.6 is 11.3 Å². The highest BCUT2D eigenvalue weighted by Gasteiger charge is 2.46. The summed E-state index contributed by atoms with van der Waals surface area (Å²) in [5, 5.41) is 3.13. The molecule has 0 radical (unpaired) electrons. The number of halogens is 3. The summed E-state index contributed by atoms with van der Waals surface area (Å²) < 4.78 is 45.0. The Hall–Kier alpha value is -1.83. The predicted octanol–water partition coefficient (Wildman–Crippen LogP) is 4.87. The van der Waals surface area contributed by atoms with Crippen LogP contribution in [0.5, 0.6) is 0 Å². The Morgan fingerprint density at radius 1 is 1.28 bits per heavy atom. The van der Waals surface area contributed by atoms with Gasteiger partial charge in [0.15, 0.2) is 10.8 Å². The van der Waals surface area contributed by atoms with Crippen molar-refractivity contribution >= 4 is 17.2 Å². The lowest BCUT2D eigenvalue weighted by molar-refractivity contribution is -0.187. The summed E-state index contributed by atoms with van der Waals surface area (Å²) in [5.74, 6) is -0.698. The van der Waals surface area contributed by atoms with Gasteiger partial charge in [-0.3, -0.25) is 4.79 Å². The van der Waals surface area contributed by atoms with Crippen LogP contribution in [-0.2, 0) is 0 Å². The number of thiazole rings is 1. The zero-order valence-corrected chi connectivity index (χ0v) is 14.8.